The predicted molar refractivity (Wildman–Crippen MR) is 110 cm³/mol. The molecule has 4 rings (SSSR count). The Labute approximate surface area is 162 Å². The third kappa shape index (κ3) is 3.64. The summed E-state index contributed by atoms with van der Waals surface area (Å²) in [5, 5.41) is 3.18. The molecule has 5 heteroatoms. The Balaban J connectivity index is 1.43. The number of para-hydroxylation sites is 1. The normalized spacial score (nSPS) is 12.2. The lowest BCUT2D eigenvalue weighted by Crippen LogP contribution is -2.33. The van der Waals surface area contributed by atoms with Crippen LogP contribution in [-0.2, 0) is 4.79 Å². The molecule has 0 spiro atoms. The Morgan fingerprint density at radius 1 is 1.07 bits per heavy atom. The van der Waals surface area contributed by atoms with Crippen LogP contribution in [0.1, 0.15) is 18.0 Å². The van der Waals surface area contributed by atoms with Gasteiger partial charge in [-0.05, 0) is 42.0 Å². The summed E-state index contributed by atoms with van der Waals surface area (Å²) < 4.78 is 6.87. The fourth-order valence-electron chi connectivity index (χ4n) is 2.95. The van der Waals surface area contributed by atoms with Gasteiger partial charge in [-0.2, -0.15) is 0 Å². The van der Waals surface area contributed by atoms with Gasteiger partial charge in [0.25, 0.3) is 5.91 Å². The third-order valence-corrected chi connectivity index (χ3v) is 5.93. The van der Waals surface area contributed by atoms with E-state index in [0.29, 0.717) is 5.75 Å². The Morgan fingerprint density at radius 2 is 1.81 bits per heavy atom. The molecule has 1 aromatic heterocycles. The fourth-order valence-corrected chi connectivity index (χ4v) is 4.02. The molecule has 0 bridgehead atoms. The lowest BCUT2D eigenvalue weighted by atomic mass is 10.1. The number of carbonyl (C=O) groups is 1. The van der Waals surface area contributed by atoms with Gasteiger partial charge in [0.1, 0.15) is 10.8 Å². The number of nitrogens with zero attached hydrogens (tertiary/aromatic N) is 2. The van der Waals surface area contributed by atoms with Crippen LogP contribution in [0.25, 0.3) is 21.0 Å². The summed E-state index contributed by atoms with van der Waals surface area (Å²) in [4.78, 5) is 18.9. The van der Waals surface area contributed by atoms with Crippen molar-refractivity contribution < 1.29 is 9.53 Å². The zero-order valence-electron chi connectivity index (χ0n) is 15.3. The van der Waals surface area contributed by atoms with Crippen molar-refractivity contribution in [3.05, 3.63) is 71.7 Å². The van der Waals surface area contributed by atoms with Crippen molar-refractivity contribution >= 4 is 38.2 Å². The van der Waals surface area contributed by atoms with E-state index in [2.05, 4.69) is 11.1 Å². The molecule has 1 heterocycles. The van der Waals surface area contributed by atoms with Gasteiger partial charge in [-0.25, -0.2) is 4.98 Å². The van der Waals surface area contributed by atoms with Crippen molar-refractivity contribution in [1.29, 1.82) is 0 Å². The van der Waals surface area contributed by atoms with Gasteiger partial charge in [-0.1, -0.05) is 42.5 Å². The van der Waals surface area contributed by atoms with Gasteiger partial charge in [-0.3, -0.25) is 4.79 Å². The molecule has 1 atom stereocenters. The molecule has 3 aromatic carbocycles. The quantitative estimate of drug-likeness (QED) is 0.490. The molecule has 0 aliphatic carbocycles. The molecule has 0 fully saturated rings. The number of rotatable bonds is 5. The number of aromatic nitrogens is 1. The summed E-state index contributed by atoms with van der Waals surface area (Å²) in [6.07, 6.45) is 0. The Morgan fingerprint density at radius 3 is 2.63 bits per heavy atom. The SMILES string of the molecule is C[C@@H](c1nc2ccccc2s1)N(C)C(=O)COc1ccc2ccccc2c1. The number of benzene rings is 3. The van der Waals surface area contributed by atoms with Gasteiger partial charge < -0.3 is 9.64 Å². The first-order valence-electron chi connectivity index (χ1n) is 8.84. The van der Waals surface area contributed by atoms with Gasteiger partial charge in [0, 0.05) is 7.05 Å². The van der Waals surface area contributed by atoms with E-state index >= 15 is 0 Å². The third-order valence-electron chi connectivity index (χ3n) is 4.73. The van der Waals surface area contributed by atoms with E-state index in [4.69, 9.17) is 4.74 Å². The predicted octanol–water partition coefficient (Wildman–Crippen LogP) is 5.05. The van der Waals surface area contributed by atoms with Gasteiger partial charge >= 0.3 is 0 Å². The Hall–Kier alpha value is -2.92. The first-order chi connectivity index (χ1) is 13.1. The van der Waals surface area contributed by atoms with Crippen molar-refractivity contribution in [3.63, 3.8) is 0 Å². The van der Waals surface area contributed by atoms with E-state index in [1.54, 1.807) is 23.3 Å². The summed E-state index contributed by atoms with van der Waals surface area (Å²) in [7, 11) is 1.79. The molecule has 136 valence electrons. The van der Waals surface area contributed by atoms with Gasteiger partial charge in [0.05, 0.1) is 16.3 Å². The second-order valence-electron chi connectivity index (χ2n) is 6.50. The van der Waals surface area contributed by atoms with Gasteiger partial charge in [0.15, 0.2) is 6.61 Å². The molecule has 0 saturated heterocycles. The highest BCUT2D eigenvalue weighted by atomic mass is 32.1. The van der Waals surface area contributed by atoms with Crippen LogP contribution in [0.3, 0.4) is 0 Å². The molecule has 4 aromatic rings. The lowest BCUT2D eigenvalue weighted by Gasteiger charge is -2.23. The van der Waals surface area contributed by atoms with Crippen LogP contribution in [0, 0.1) is 0 Å². The second kappa shape index (κ2) is 7.37. The minimum atomic E-state index is -0.102. The molecular weight excluding hydrogens is 356 g/mol. The average Bonchev–Trinajstić information content (AvgIpc) is 3.15. The maximum atomic E-state index is 12.6. The molecule has 0 unspecified atom stereocenters. The smallest absolute Gasteiger partial charge is 0.260 e. The number of hydrogen-bond donors (Lipinski definition) is 0. The number of hydrogen-bond acceptors (Lipinski definition) is 4. The largest absolute Gasteiger partial charge is 0.484 e. The summed E-state index contributed by atoms with van der Waals surface area (Å²) in [6.45, 7) is 2.00. The van der Waals surface area contributed by atoms with Crippen LogP contribution in [-0.4, -0.2) is 29.4 Å². The van der Waals surface area contributed by atoms with Crippen LogP contribution >= 0.6 is 11.3 Å². The van der Waals surface area contributed by atoms with Gasteiger partial charge in [-0.15, -0.1) is 11.3 Å². The number of fused-ring (bicyclic) bond motifs is 2. The summed E-state index contributed by atoms with van der Waals surface area (Å²) in [5.41, 5.74) is 0.970. The maximum Gasteiger partial charge on any atom is 0.260 e. The van der Waals surface area contributed by atoms with Crippen molar-refractivity contribution in [1.82, 2.24) is 9.88 Å². The molecule has 0 aliphatic rings. The van der Waals surface area contributed by atoms with Gasteiger partial charge in [0.2, 0.25) is 0 Å². The van der Waals surface area contributed by atoms with Crippen LogP contribution in [0.15, 0.2) is 66.7 Å². The highest BCUT2D eigenvalue weighted by Gasteiger charge is 2.21. The number of ether oxygens (including phenoxy) is 1. The molecule has 27 heavy (non-hydrogen) atoms. The van der Waals surface area contributed by atoms with Crippen LogP contribution in [0.4, 0.5) is 0 Å². The number of carbonyl (C=O) groups excluding carboxylic acids is 1. The standard InChI is InChI=1S/C22H20N2O2S/c1-15(22-23-19-9-5-6-10-20(19)27-22)24(2)21(25)14-26-18-12-11-16-7-3-4-8-17(16)13-18/h3-13,15H,14H2,1-2H3/t15-/m0/s1. The molecule has 0 N–H and O–H groups in total. The molecule has 4 nitrogen and oxygen atoms in total. The highest BCUT2D eigenvalue weighted by Crippen LogP contribution is 2.29. The van der Waals surface area contributed by atoms with Crippen LogP contribution in [0.2, 0.25) is 0 Å². The molecule has 0 aliphatic heterocycles. The minimum absolute atomic E-state index is 0.00404. The average molecular weight is 376 g/mol. The minimum Gasteiger partial charge on any atom is -0.484 e. The van der Waals surface area contributed by atoms with E-state index < -0.39 is 0 Å². The molecular formula is C22H20N2O2S. The van der Waals surface area contributed by atoms with Crippen molar-refractivity contribution in [2.24, 2.45) is 0 Å². The maximum absolute atomic E-state index is 12.6. The highest BCUT2D eigenvalue weighted by molar-refractivity contribution is 7.18. The van der Waals surface area contributed by atoms with E-state index in [1.165, 1.54) is 0 Å². The summed E-state index contributed by atoms with van der Waals surface area (Å²) in [5.74, 6) is 0.623. The van der Waals surface area contributed by atoms with E-state index in [9.17, 15) is 4.79 Å². The van der Waals surface area contributed by atoms with Crippen LogP contribution < -0.4 is 4.74 Å². The Bertz CT molecular complexity index is 1070. The summed E-state index contributed by atoms with van der Waals surface area (Å²) >= 11 is 1.62. The van der Waals surface area contributed by atoms with E-state index in [1.807, 2.05) is 67.6 Å². The van der Waals surface area contributed by atoms with Crippen LogP contribution in [0.5, 0.6) is 5.75 Å². The zero-order valence-corrected chi connectivity index (χ0v) is 16.1. The monoisotopic (exact) mass is 376 g/mol. The van der Waals surface area contributed by atoms with E-state index in [-0.39, 0.29) is 18.6 Å². The van der Waals surface area contributed by atoms with Crippen molar-refractivity contribution in [2.45, 2.75) is 13.0 Å². The molecule has 1 amide bonds. The topological polar surface area (TPSA) is 42.4 Å². The summed E-state index contributed by atoms with van der Waals surface area (Å²) in [6, 6.07) is 21.9. The number of amides is 1. The molecule has 0 saturated carbocycles. The fraction of sp³-hybridized carbons (Fsp3) is 0.182. The molecule has 0 radical (unpaired) electrons. The first kappa shape index (κ1) is 17.5. The second-order valence-corrected chi connectivity index (χ2v) is 7.56. The number of thiazole rings is 1. The van der Waals surface area contributed by atoms with E-state index in [0.717, 1.165) is 26.0 Å². The van der Waals surface area contributed by atoms with Crippen molar-refractivity contribution in [3.8, 4) is 5.75 Å². The lowest BCUT2D eigenvalue weighted by molar-refractivity contribution is -0.134. The first-order valence-corrected chi connectivity index (χ1v) is 9.66. The zero-order chi connectivity index (χ0) is 18.8. The number of likely N-dealkylation sites (N-methyl/N-ethyl adjacent to an activating group) is 1. The van der Waals surface area contributed by atoms with Crippen molar-refractivity contribution in [2.75, 3.05) is 13.7 Å². The Kier molecular flexibility index (Phi) is 4.77.